The maximum atomic E-state index is 12.1. The summed E-state index contributed by atoms with van der Waals surface area (Å²) in [6.07, 6.45) is -0.0369. The van der Waals surface area contributed by atoms with Gasteiger partial charge in [-0.05, 0) is 49.2 Å². The number of carboxylic acids is 1. The fourth-order valence-corrected chi connectivity index (χ4v) is 3.11. The zero-order chi connectivity index (χ0) is 18.3. The molecule has 0 spiro atoms. The minimum absolute atomic E-state index is 0.0236. The highest BCUT2D eigenvalue weighted by Crippen LogP contribution is 2.31. The van der Waals surface area contributed by atoms with Crippen LogP contribution in [0.15, 0.2) is 53.4 Å². The number of hydrogen-bond donors (Lipinski definition) is 1. The van der Waals surface area contributed by atoms with Gasteiger partial charge < -0.3 is 19.4 Å². The van der Waals surface area contributed by atoms with Gasteiger partial charge in [0.2, 0.25) is 10.0 Å². The number of sulfonamides is 1. The van der Waals surface area contributed by atoms with Crippen molar-refractivity contribution < 1.29 is 27.8 Å². The van der Waals surface area contributed by atoms with Crippen molar-refractivity contribution in [2.45, 2.75) is 17.7 Å². The van der Waals surface area contributed by atoms with Crippen LogP contribution in [0.1, 0.15) is 12.8 Å². The van der Waals surface area contributed by atoms with E-state index in [0.717, 1.165) is 0 Å². The van der Waals surface area contributed by atoms with Crippen LogP contribution in [0.2, 0.25) is 0 Å². The van der Waals surface area contributed by atoms with E-state index in [2.05, 4.69) is 4.72 Å². The first-order valence-corrected chi connectivity index (χ1v) is 9.01. The molecule has 0 aliphatic heterocycles. The number of benzene rings is 2. The average Bonchev–Trinajstić information content (AvgIpc) is 2.59. The molecule has 2 aromatic carbocycles. The molecule has 0 radical (unpaired) electrons. The summed E-state index contributed by atoms with van der Waals surface area (Å²) in [6, 6.07) is 13.0. The standard InChI is InChI=1S/C17H19NO6S/c1-23-15-5-2-3-6-16(15)24-13-8-10-14(11-9-13)25(21,22)18-12-4-7-17(19)20/h2-3,5-6,8-11,18H,4,7,12H2,1H3,(H,19,20)/p-1. The molecule has 0 unspecified atom stereocenters. The summed E-state index contributed by atoms with van der Waals surface area (Å²) >= 11 is 0. The van der Waals surface area contributed by atoms with Crippen LogP contribution in [0.3, 0.4) is 0 Å². The van der Waals surface area contributed by atoms with E-state index < -0.39 is 16.0 Å². The number of nitrogens with one attached hydrogen (secondary N) is 1. The number of para-hydroxylation sites is 2. The SMILES string of the molecule is COc1ccccc1Oc1ccc(S(=O)(=O)NCCCC(=O)[O-])cc1. The number of ether oxygens (including phenoxy) is 2. The Bertz CT molecular complexity index is 817. The largest absolute Gasteiger partial charge is 0.550 e. The van der Waals surface area contributed by atoms with E-state index in [1.807, 2.05) is 6.07 Å². The zero-order valence-electron chi connectivity index (χ0n) is 13.6. The lowest BCUT2D eigenvalue weighted by Crippen LogP contribution is -2.27. The third kappa shape index (κ3) is 5.47. The molecular weight excluding hydrogens is 346 g/mol. The van der Waals surface area contributed by atoms with Crippen LogP contribution >= 0.6 is 0 Å². The quantitative estimate of drug-likeness (QED) is 0.673. The van der Waals surface area contributed by atoms with Crippen molar-refractivity contribution >= 4 is 16.0 Å². The zero-order valence-corrected chi connectivity index (χ0v) is 14.4. The van der Waals surface area contributed by atoms with Crippen LogP contribution in [-0.4, -0.2) is 28.0 Å². The Labute approximate surface area is 146 Å². The van der Waals surface area contributed by atoms with Crippen LogP contribution < -0.4 is 19.3 Å². The van der Waals surface area contributed by atoms with Crippen molar-refractivity contribution in [2.24, 2.45) is 0 Å². The Morgan fingerprint density at radius 1 is 1.08 bits per heavy atom. The summed E-state index contributed by atoms with van der Waals surface area (Å²) in [7, 11) is -2.17. The van der Waals surface area contributed by atoms with Crippen molar-refractivity contribution in [1.29, 1.82) is 0 Å². The smallest absolute Gasteiger partial charge is 0.240 e. The highest BCUT2D eigenvalue weighted by atomic mass is 32.2. The molecule has 2 aromatic rings. The fourth-order valence-electron chi connectivity index (χ4n) is 2.04. The minimum atomic E-state index is -3.70. The minimum Gasteiger partial charge on any atom is -0.550 e. The molecule has 7 nitrogen and oxygen atoms in total. The number of aliphatic carboxylic acids is 1. The summed E-state index contributed by atoms with van der Waals surface area (Å²) in [5.41, 5.74) is 0. The Hall–Kier alpha value is -2.58. The van der Waals surface area contributed by atoms with Crippen LogP contribution in [0.5, 0.6) is 17.2 Å². The highest BCUT2D eigenvalue weighted by molar-refractivity contribution is 7.89. The van der Waals surface area contributed by atoms with Crippen molar-refractivity contribution in [3.63, 3.8) is 0 Å². The monoisotopic (exact) mass is 364 g/mol. The third-order valence-corrected chi connectivity index (χ3v) is 4.76. The van der Waals surface area contributed by atoms with Gasteiger partial charge in [0.15, 0.2) is 11.5 Å². The molecule has 0 aliphatic rings. The molecule has 0 heterocycles. The number of rotatable bonds is 9. The van der Waals surface area contributed by atoms with Gasteiger partial charge in [0.25, 0.3) is 0 Å². The molecule has 0 saturated heterocycles. The lowest BCUT2D eigenvalue weighted by molar-refractivity contribution is -0.305. The number of hydrogen-bond acceptors (Lipinski definition) is 6. The molecule has 0 saturated carbocycles. The normalized spacial score (nSPS) is 11.1. The second kappa shape index (κ2) is 8.50. The number of methoxy groups -OCH3 is 1. The molecule has 0 bridgehead atoms. The van der Waals surface area contributed by atoms with Gasteiger partial charge in [-0.25, -0.2) is 13.1 Å². The van der Waals surface area contributed by atoms with Crippen LogP contribution in [0, 0.1) is 0 Å². The van der Waals surface area contributed by atoms with Gasteiger partial charge in [0.05, 0.1) is 12.0 Å². The van der Waals surface area contributed by atoms with Crippen LogP contribution in [0.4, 0.5) is 0 Å². The second-order valence-corrected chi connectivity index (χ2v) is 6.86. The van der Waals surface area contributed by atoms with E-state index in [-0.39, 0.29) is 24.3 Å². The Morgan fingerprint density at radius 2 is 1.72 bits per heavy atom. The first-order chi connectivity index (χ1) is 11.9. The van der Waals surface area contributed by atoms with Crippen LogP contribution in [-0.2, 0) is 14.8 Å². The van der Waals surface area contributed by atoms with Gasteiger partial charge in [0.1, 0.15) is 5.75 Å². The molecule has 0 atom stereocenters. The van der Waals surface area contributed by atoms with E-state index in [1.165, 1.54) is 31.4 Å². The Balaban J connectivity index is 2.02. The third-order valence-electron chi connectivity index (χ3n) is 3.28. The van der Waals surface area contributed by atoms with E-state index in [4.69, 9.17) is 9.47 Å². The summed E-state index contributed by atoms with van der Waals surface area (Å²) in [5, 5.41) is 10.3. The van der Waals surface area contributed by atoms with Gasteiger partial charge >= 0.3 is 0 Å². The highest BCUT2D eigenvalue weighted by Gasteiger charge is 2.13. The van der Waals surface area contributed by atoms with Crippen molar-refractivity contribution in [1.82, 2.24) is 4.72 Å². The van der Waals surface area contributed by atoms with Crippen molar-refractivity contribution in [3.05, 3.63) is 48.5 Å². The van der Waals surface area contributed by atoms with E-state index >= 15 is 0 Å². The summed E-state index contributed by atoms with van der Waals surface area (Å²) in [5.74, 6) is 0.326. The van der Waals surface area contributed by atoms with Crippen molar-refractivity contribution in [3.8, 4) is 17.2 Å². The summed E-state index contributed by atoms with van der Waals surface area (Å²) in [6.45, 7) is 0.0236. The molecule has 25 heavy (non-hydrogen) atoms. The lowest BCUT2D eigenvalue weighted by atomic mass is 10.3. The first kappa shape index (κ1) is 18.8. The first-order valence-electron chi connectivity index (χ1n) is 7.53. The lowest BCUT2D eigenvalue weighted by Gasteiger charge is -2.11. The summed E-state index contributed by atoms with van der Waals surface area (Å²) < 4.78 is 37.4. The predicted octanol–water partition coefficient (Wildman–Crippen LogP) is 1.30. The fraction of sp³-hybridized carbons (Fsp3) is 0.235. The average molecular weight is 364 g/mol. The molecule has 1 N–H and O–H groups in total. The van der Waals surface area contributed by atoms with Gasteiger partial charge in [0, 0.05) is 12.5 Å². The predicted molar refractivity (Wildman–Crippen MR) is 88.9 cm³/mol. The van der Waals surface area contributed by atoms with E-state index in [9.17, 15) is 18.3 Å². The molecule has 0 aromatic heterocycles. The molecular formula is C17H18NO6S-. The molecule has 2 rings (SSSR count). The Kier molecular flexibility index (Phi) is 6.37. The maximum Gasteiger partial charge on any atom is 0.240 e. The van der Waals surface area contributed by atoms with Crippen molar-refractivity contribution in [2.75, 3.05) is 13.7 Å². The number of carboxylic acid groups (broad SMARTS) is 1. The molecule has 8 heteroatoms. The molecule has 134 valence electrons. The number of carbonyl (C=O) groups excluding carboxylic acids is 1. The second-order valence-electron chi connectivity index (χ2n) is 5.10. The number of carbonyl (C=O) groups is 1. The molecule has 0 fully saturated rings. The molecule has 0 aliphatic carbocycles. The van der Waals surface area contributed by atoms with Crippen LogP contribution in [0.25, 0.3) is 0 Å². The molecule has 0 amide bonds. The maximum absolute atomic E-state index is 12.1. The summed E-state index contributed by atoms with van der Waals surface area (Å²) in [4.78, 5) is 10.4. The van der Waals surface area contributed by atoms with Gasteiger partial charge in [-0.3, -0.25) is 0 Å². The van der Waals surface area contributed by atoms with E-state index in [1.54, 1.807) is 18.2 Å². The van der Waals surface area contributed by atoms with Gasteiger partial charge in [-0.2, -0.15) is 0 Å². The Morgan fingerprint density at radius 3 is 2.32 bits per heavy atom. The topological polar surface area (TPSA) is 105 Å². The van der Waals surface area contributed by atoms with Gasteiger partial charge in [-0.1, -0.05) is 12.1 Å². The van der Waals surface area contributed by atoms with Gasteiger partial charge in [-0.15, -0.1) is 0 Å². The van der Waals surface area contributed by atoms with E-state index in [0.29, 0.717) is 17.2 Å².